The molecule has 4 nitrogen and oxygen atoms in total. The van der Waals surface area contributed by atoms with Crippen LogP contribution in [0.3, 0.4) is 0 Å². The Balaban J connectivity index is 2.04. The number of nitrogens with one attached hydrogen (secondary N) is 1. The second-order valence-electron chi connectivity index (χ2n) is 4.64. The van der Waals surface area contributed by atoms with Gasteiger partial charge < -0.3 is 9.72 Å². The number of rotatable bonds is 4. The summed E-state index contributed by atoms with van der Waals surface area (Å²) >= 11 is 0. The van der Waals surface area contributed by atoms with Gasteiger partial charge in [0.1, 0.15) is 5.75 Å². The molecule has 0 unspecified atom stereocenters. The van der Waals surface area contributed by atoms with Crippen molar-refractivity contribution in [2.45, 2.75) is 0 Å². The smallest absolute Gasteiger partial charge is 0.235 e. The van der Waals surface area contributed by atoms with Crippen molar-refractivity contribution in [1.82, 2.24) is 4.98 Å². The van der Waals surface area contributed by atoms with Crippen molar-refractivity contribution in [3.63, 3.8) is 0 Å². The molecule has 0 saturated carbocycles. The lowest BCUT2D eigenvalue weighted by molar-refractivity contribution is 0.0818. The molecule has 3 rings (SSSR count). The SMILES string of the molecule is COc1ccc2[nH]cc(C(=O)C(=O)c3ccccc3)c2c1. The summed E-state index contributed by atoms with van der Waals surface area (Å²) < 4.78 is 5.16. The standard InChI is InChI=1S/C17H13NO3/c1-21-12-7-8-15-13(9-12)14(10-18-15)17(20)16(19)11-5-3-2-4-6-11/h2-10,18H,1H3. The zero-order valence-corrected chi connectivity index (χ0v) is 11.4. The first-order valence-electron chi connectivity index (χ1n) is 6.50. The number of carbonyl (C=O) groups is 2. The van der Waals surface area contributed by atoms with Crippen LogP contribution in [0.2, 0.25) is 0 Å². The normalized spacial score (nSPS) is 10.5. The van der Waals surface area contributed by atoms with Crippen molar-refractivity contribution in [3.8, 4) is 5.75 Å². The Kier molecular flexibility index (Phi) is 3.28. The van der Waals surface area contributed by atoms with Gasteiger partial charge in [0.05, 0.1) is 12.7 Å². The van der Waals surface area contributed by atoms with E-state index in [9.17, 15) is 9.59 Å². The summed E-state index contributed by atoms with van der Waals surface area (Å²) in [5.41, 5.74) is 1.54. The Morgan fingerprint density at radius 3 is 2.48 bits per heavy atom. The lowest BCUT2D eigenvalue weighted by Gasteiger charge is -2.02. The first kappa shape index (κ1) is 13.1. The number of methoxy groups -OCH3 is 1. The zero-order valence-electron chi connectivity index (χ0n) is 11.4. The minimum absolute atomic E-state index is 0.359. The highest BCUT2D eigenvalue weighted by Gasteiger charge is 2.21. The maximum atomic E-state index is 12.4. The zero-order chi connectivity index (χ0) is 14.8. The van der Waals surface area contributed by atoms with E-state index in [0.717, 1.165) is 5.52 Å². The molecule has 0 radical (unpaired) electrons. The Morgan fingerprint density at radius 2 is 1.76 bits per heavy atom. The van der Waals surface area contributed by atoms with Crippen molar-refractivity contribution < 1.29 is 14.3 Å². The number of fused-ring (bicyclic) bond motifs is 1. The number of H-pyrrole nitrogens is 1. The van der Waals surface area contributed by atoms with Gasteiger partial charge >= 0.3 is 0 Å². The molecule has 1 heterocycles. The van der Waals surface area contributed by atoms with Crippen LogP contribution in [-0.2, 0) is 0 Å². The molecule has 0 aliphatic heterocycles. The van der Waals surface area contributed by atoms with Crippen LogP contribution in [0.25, 0.3) is 10.9 Å². The molecule has 0 fully saturated rings. The van der Waals surface area contributed by atoms with Crippen molar-refractivity contribution in [2.24, 2.45) is 0 Å². The van der Waals surface area contributed by atoms with Crippen molar-refractivity contribution in [3.05, 3.63) is 65.9 Å². The van der Waals surface area contributed by atoms with Gasteiger partial charge in [-0.25, -0.2) is 0 Å². The van der Waals surface area contributed by atoms with Gasteiger partial charge in [-0.15, -0.1) is 0 Å². The van der Waals surface area contributed by atoms with E-state index in [1.54, 1.807) is 55.8 Å². The maximum Gasteiger partial charge on any atom is 0.235 e. The van der Waals surface area contributed by atoms with E-state index in [4.69, 9.17) is 4.74 Å². The molecule has 0 atom stereocenters. The van der Waals surface area contributed by atoms with E-state index >= 15 is 0 Å². The summed E-state index contributed by atoms with van der Waals surface area (Å²) in [6.45, 7) is 0. The molecule has 0 aliphatic rings. The molecule has 3 aromatic rings. The summed E-state index contributed by atoms with van der Waals surface area (Å²) in [4.78, 5) is 27.7. The predicted octanol–water partition coefficient (Wildman–Crippen LogP) is 3.24. The van der Waals surface area contributed by atoms with Gasteiger partial charge in [0, 0.05) is 22.7 Å². The third-order valence-corrected chi connectivity index (χ3v) is 3.38. The second-order valence-corrected chi connectivity index (χ2v) is 4.64. The van der Waals surface area contributed by atoms with Crippen LogP contribution in [0, 0.1) is 0 Å². The molecule has 0 aliphatic carbocycles. The molecular formula is C17H13NO3. The average Bonchev–Trinajstić information content (AvgIpc) is 2.97. The van der Waals surface area contributed by atoms with E-state index in [1.165, 1.54) is 0 Å². The summed E-state index contributed by atoms with van der Waals surface area (Å²) in [6.07, 6.45) is 1.56. The molecule has 104 valence electrons. The van der Waals surface area contributed by atoms with Gasteiger partial charge in [0.2, 0.25) is 11.6 Å². The topological polar surface area (TPSA) is 59.2 Å². The highest BCUT2D eigenvalue weighted by molar-refractivity contribution is 6.50. The Bertz CT molecular complexity index is 818. The number of ketones is 2. The third-order valence-electron chi connectivity index (χ3n) is 3.38. The van der Waals surface area contributed by atoms with E-state index < -0.39 is 11.6 Å². The molecule has 0 amide bonds. The number of benzene rings is 2. The summed E-state index contributed by atoms with van der Waals surface area (Å²) in [5, 5.41) is 0.684. The number of Topliss-reactive ketones (excluding diaryl/α,β-unsaturated/α-hetero) is 2. The fourth-order valence-electron chi connectivity index (χ4n) is 2.26. The Morgan fingerprint density at radius 1 is 1.00 bits per heavy atom. The molecule has 21 heavy (non-hydrogen) atoms. The predicted molar refractivity (Wildman–Crippen MR) is 80.0 cm³/mol. The lowest BCUT2D eigenvalue weighted by atomic mass is 10.0. The van der Waals surface area contributed by atoms with Crippen LogP contribution in [0.15, 0.2) is 54.7 Å². The number of aromatic nitrogens is 1. The molecule has 1 aromatic heterocycles. The molecule has 4 heteroatoms. The highest BCUT2D eigenvalue weighted by Crippen LogP contribution is 2.24. The van der Waals surface area contributed by atoms with Crippen LogP contribution in [0.5, 0.6) is 5.75 Å². The van der Waals surface area contributed by atoms with Gasteiger partial charge in [-0.2, -0.15) is 0 Å². The fraction of sp³-hybridized carbons (Fsp3) is 0.0588. The van der Waals surface area contributed by atoms with Crippen molar-refractivity contribution >= 4 is 22.5 Å². The fourth-order valence-corrected chi connectivity index (χ4v) is 2.26. The molecule has 1 N–H and O–H groups in total. The van der Waals surface area contributed by atoms with Crippen molar-refractivity contribution in [2.75, 3.05) is 7.11 Å². The van der Waals surface area contributed by atoms with Crippen LogP contribution in [0.4, 0.5) is 0 Å². The van der Waals surface area contributed by atoms with Gasteiger partial charge in [0.15, 0.2) is 0 Å². The third kappa shape index (κ3) is 2.31. The number of carbonyl (C=O) groups excluding carboxylic acids is 2. The van der Waals surface area contributed by atoms with Gasteiger partial charge in [-0.05, 0) is 18.2 Å². The van der Waals surface area contributed by atoms with Gasteiger partial charge in [-0.3, -0.25) is 9.59 Å². The first-order chi connectivity index (χ1) is 10.2. The summed E-state index contributed by atoms with van der Waals surface area (Å²) in [6, 6.07) is 13.9. The molecular weight excluding hydrogens is 266 g/mol. The van der Waals surface area contributed by atoms with Crippen LogP contribution in [-0.4, -0.2) is 23.7 Å². The average molecular weight is 279 g/mol. The minimum atomic E-state index is -0.527. The van der Waals surface area contributed by atoms with Crippen LogP contribution >= 0.6 is 0 Å². The number of ether oxygens (including phenoxy) is 1. The van der Waals surface area contributed by atoms with Crippen LogP contribution in [0.1, 0.15) is 20.7 Å². The van der Waals surface area contributed by atoms with E-state index in [-0.39, 0.29) is 0 Å². The Hall–Kier alpha value is -2.88. The quantitative estimate of drug-likeness (QED) is 0.589. The van der Waals surface area contributed by atoms with E-state index in [0.29, 0.717) is 22.3 Å². The maximum absolute atomic E-state index is 12.4. The van der Waals surface area contributed by atoms with Gasteiger partial charge in [-0.1, -0.05) is 30.3 Å². The first-order valence-corrected chi connectivity index (χ1v) is 6.50. The minimum Gasteiger partial charge on any atom is -0.497 e. The second kappa shape index (κ2) is 5.25. The molecule has 0 saturated heterocycles. The molecule has 0 bridgehead atoms. The van der Waals surface area contributed by atoms with Crippen LogP contribution < -0.4 is 4.74 Å². The molecule has 0 spiro atoms. The van der Waals surface area contributed by atoms with E-state index in [1.807, 2.05) is 6.07 Å². The van der Waals surface area contributed by atoms with Crippen molar-refractivity contribution in [1.29, 1.82) is 0 Å². The highest BCUT2D eigenvalue weighted by atomic mass is 16.5. The lowest BCUT2D eigenvalue weighted by Crippen LogP contribution is -2.13. The monoisotopic (exact) mass is 279 g/mol. The number of aromatic amines is 1. The molecule has 2 aromatic carbocycles. The Labute approximate surface area is 121 Å². The van der Waals surface area contributed by atoms with E-state index in [2.05, 4.69) is 4.98 Å². The summed E-state index contributed by atoms with van der Waals surface area (Å²) in [5.74, 6) is -0.400. The summed E-state index contributed by atoms with van der Waals surface area (Å²) in [7, 11) is 1.56. The number of hydrogen-bond acceptors (Lipinski definition) is 3. The van der Waals surface area contributed by atoms with Gasteiger partial charge in [0.25, 0.3) is 0 Å². The largest absolute Gasteiger partial charge is 0.497 e. The number of hydrogen-bond donors (Lipinski definition) is 1.